The predicted octanol–water partition coefficient (Wildman–Crippen LogP) is 3.86. The molecule has 3 heteroatoms. The van der Waals surface area contributed by atoms with E-state index in [1.165, 1.54) is 37.9 Å². The number of nitrogens with zero attached hydrogens (tertiary/aromatic N) is 1. The Morgan fingerprint density at radius 3 is 2.60 bits per heavy atom. The van der Waals surface area contributed by atoms with E-state index < -0.39 is 0 Å². The minimum absolute atomic E-state index is 0.0860. The van der Waals surface area contributed by atoms with Crippen LogP contribution in [0.2, 0.25) is 5.02 Å². The van der Waals surface area contributed by atoms with Crippen molar-refractivity contribution in [1.82, 2.24) is 4.90 Å². The third kappa shape index (κ3) is 3.55. The Morgan fingerprint density at radius 2 is 2.00 bits per heavy atom. The highest BCUT2D eigenvalue weighted by Gasteiger charge is 2.36. The maximum absolute atomic E-state index is 6.59. The van der Waals surface area contributed by atoms with Crippen molar-refractivity contribution in [2.75, 3.05) is 13.1 Å². The van der Waals surface area contributed by atoms with Gasteiger partial charge >= 0.3 is 0 Å². The van der Waals surface area contributed by atoms with Crippen LogP contribution in [0.3, 0.4) is 0 Å². The monoisotopic (exact) mass is 294 g/mol. The number of likely N-dealkylation sites (tertiary alicyclic amines) is 1. The molecule has 2 N–H and O–H groups in total. The van der Waals surface area contributed by atoms with Crippen LogP contribution in [0.1, 0.15) is 45.1 Å². The first-order chi connectivity index (χ1) is 9.56. The predicted molar refractivity (Wildman–Crippen MR) is 87.3 cm³/mol. The standard InChI is InChI=1S/C17H27ClN2/c1-3-17(2,20-10-5-4-6-11-20)16(19)13-14-8-7-9-15(18)12-14/h7-9,12,16H,3-6,10-11,13,19H2,1-2H3. The van der Waals surface area contributed by atoms with Gasteiger partial charge in [0, 0.05) is 16.6 Å². The molecule has 0 aliphatic carbocycles. The van der Waals surface area contributed by atoms with Crippen molar-refractivity contribution in [3.63, 3.8) is 0 Å². The van der Waals surface area contributed by atoms with Crippen LogP contribution < -0.4 is 5.73 Å². The zero-order valence-electron chi connectivity index (χ0n) is 12.7. The van der Waals surface area contributed by atoms with Gasteiger partial charge in [0.25, 0.3) is 0 Å². The molecule has 2 rings (SSSR count). The summed E-state index contributed by atoms with van der Waals surface area (Å²) >= 11 is 6.07. The summed E-state index contributed by atoms with van der Waals surface area (Å²) < 4.78 is 0. The van der Waals surface area contributed by atoms with Crippen LogP contribution in [-0.4, -0.2) is 29.6 Å². The number of nitrogens with two attached hydrogens (primary N) is 1. The number of hydrogen-bond acceptors (Lipinski definition) is 2. The summed E-state index contributed by atoms with van der Waals surface area (Å²) in [5.74, 6) is 0. The number of piperidine rings is 1. The molecule has 1 aromatic carbocycles. The average Bonchev–Trinajstić information content (AvgIpc) is 2.47. The summed E-state index contributed by atoms with van der Waals surface area (Å²) in [7, 11) is 0. The van der Waals surface area contributed by atoms with Gasteiger partial charge in [-0.05, 0) is 63.4 Å². The Kier molecular flexibility index (Phi) is 5.48. The van der Waals surface area contributed by atoms with Gasteiger partial charge in [-0.3, -0.25) is 4.90 Å². The molecular weight excluding hydrogens is 268 g/mol. The van der Waals surface area contributed by atoms with Crippen molar-refractivity contribution in [1.29, 1.82) is 0 Å². The highest BCUT2D eigenvalue weighted by molar-refractivity contribution is 6.30. The quantitative estimate of drug-likeness (QED) is 0.893. The molecule has 2 atom stereocenters. The molecule has 1 saturated heterocycles. The number of hydrogen-bond donors (Lipinski definition) is 1. The topological polar surface area (TPSA) is 29.3 Å². The fraction of sp³-hybridized carbons (Fsp3) is 0.647. The summed E-state index contributed by atoms with van der Waals surface area (Å²) in [5.41, 5.74) is 7.91. The van der Waals surface area contributed by atoms with Crippen LogP contribution in [0.25, 0.3) is 0 Å². The molecule has 112 valence electrons. The molecule has 0 spiro atoms. The van der Waals surface area contributed by atoms with Gasteiger partial charge in [0.1, 0.15) is 0 Å². The van der Waals surface area contributed by atoms with Crippen LogP contribution in [-0.2, 0) is 6.42 Å². The van der Waals surface area contributed by atoms with E-state index in [4.69, 9.17) is 17.3 Å². The van der Waals surface area contributed by atoms with E-state index in [1.54, 1.807) is 0 Å². The third-order valence-corrected chi connectivity index (χ3v) is 5.17. The fourth-order valence-electron chi connectivity index (χ4n) is 3.26. The lowest BCUT2D eigenvalue weighted by Crippen LogP contribution is -2.59. The van der Waals surface area contributed by atoms with Gasteiger partial charge in [-0.25, -0.2) is 0 Å². The second kappa shape index (κ2) is 6.93. The highest BCUT2D eigenvalue weighted by atomic mass is 35.5. The molecule has 0 radical (unpaired) electrons. The van der Waals surface area contributed by atoms with Gasteiger partial charge in [-0.1, -0.05) is 37.1 Å². The van der Waals surface area contributed by atoms with E-state index >= 15 is 0 Å². The second-order valence-corrected chi connectivity index (χ2v) is 6.64. The summed E-state index contributed by atoms with van der Waals surface area (Å²) in [6.45, 7) is 6.96. The molecule has 0 saturated carbocycles. The SMILES string of the molecule is CCC(C)(C(N)Cc1cccc(Cl)c1)N1CCCCC1. The van der Waals surface area contributed by atoms with E-state index in [-0.39, 0.29) is 11.6 Å². The molecule has 1 heterocycles. The van der Waals surface area contributed by atoms with Gasteiger partial charge in [0.05, 0.1) is 0 Å². The van der Waals surface area contributed by atoms with Crippen LogP contribution in [0, 0.1) is 0 Å². The number of benzene rings is 1. The van der Waals surface area contributed by atoms with Crippen molar-refractivity contribution < 1.29 is 0 Å². The largest absolute Gasteiger partial charge is 0.326 e. The lowest BCUT2D eigenvalue weighted by Gasteiger charge is -2.47. The summed E-state index contributed by atoms with van der Waals surface area (Å²) in [6, 6.07) is 8.23. The van der Waals surface area contributed by atoms with Crippen molar-refractivity contribution >= 4 is 11.6 Å². The average molecular weight is 295 g/mol. The molecule has 20 heavy (non-hydrogen) atoms. The maximum Gasteiger partial charge on any atom is 0.0408 e. The minimum atomic E-state index is 0.0860. The number of halogens is 1. The third-order valence-electron chi connectivity index (χ3n) is 4.94. The molecule has 2 nitrogen and oxygen atoms in total. The summed E-state index contributed by atoms with van der Waals surface area (Å²) in [6.07, 6.45) is 5.95. The normalized spacial score (nSPS) is 21.4. The van der Waals surface area contributed by atoms with Crippen molar-refractivity contribution in [3.8, 4) is 0 Å². The molecule has 1 aromatic rings. The molecule has 0 amide bonds. The molecule has 0 bridgehead atoms. The Balaban J connectivity index is 2.09. The first kappa shape index (κ1) is 15.8. The van der Waals surface area contributed by atoms with Gasteiger partial charge in [0.15, 0.2) is 0 Å². The molecule has 1 fully saturated rings. The Labute approximate surface area is 128 Å². The molecule has 2 unspecified atom stereocenters. The summed E-state index contributed by atoms with van der Waals surface area (Å²) in [4.78, 5) is 2.60. The van der Waals surface area contributed by atoms with Crippen molar-refractivity contribution in [2.45, 2.75) is 57.5 Å². The van der Waals surface area contributed by atoms with Gasteiger partial charge in [-0.2, -0.15) is 0 Å². The van der Waals surface area contributed by atoms with E-state index in [0.717, 1.165) is 17.9 Å². The highest BCUT2D eigenvalue weighted by Crippen LogP contribution is 2.28. The lowest BCUT2D eigenvalue weighted by atomic mass is 9.83. The van der Waals surface area contributed by atoms with E-state index in [9.17, 15) is 0 Å². The molecule has 1 aliphatic rings. The molecule has 0 aromatic heterocycles. The molecule has 1 aliphatic heterocycles. The van der Waals surface area contributed by atoms with Gasteiger partial charge in [0.2, 0.25) is 0 Å². The van der Waals surface area contributed by atoms with E-state index in [1.807, 2.05) is 18.2 Å². The maximum atomic E-state index is 6.59. The van der Waals surface area contributed by atoms with Gasteiger partial charge in [-0.15, -0.1) is 0 Å². The first-order valence-electron chi connectivity index (χ1n) is 7.81. The van der Waals surface area contributed by atoms with Crippen molar-refractivity contribution in [3.05, 3.63) is 34.9 Å². The zero-order valence-corrected chi connectivity index (χ0v) is 13.5. The van der Waals surface area contributed by atoms with E-state index in [0.29, 0.717) is 0 Å². The van der Waals surface area contributed by atoms with Gasteiger partial charge < -0.3 is 5.73 Å². The van der Waals surface area contributed by atoms with Crippen LogP contribution in [0.15, 0.2) is 24.3 Å². The van der Waals surface area contributed by atoms with Crippen LogP contribution in [0.5, 0.6) is 0 Å². The second-order valence-electron chi connectivity index (χ2n) is 6.20. The Morgan fingerprint density at radius 1 is 1.30 bits per heavy atom. The van der Waals surface area contributed by atoms with Crippen LogP contribution >= 0.6 is 11.6 Å². The Bertz CT molecular complexity index is 429. The van der Waals surface area contributed by atoms with Crippen LogP contribution in [0.4, 0.5) is 0 Å². The Hall–Kier alpha value is -0.570. The molecular formula is C17H27ClN2. The smallest absolute Gasteiger partial charge is 0.0408 e. The van der Waals surface area contributed by atoms with Crippen molar-refractivity contribution in [2.24, 2.45) is 5.73 Å². The lowest BCUT2D eigenvalue weighted by molar-refractivity contribution is 0.0546. The number of rotatable bonds is 5. The minimum Gasteiger partial charge on any atom is -0.326 e. The zero-order chi connectivity index (χ0) is 14.6. The summed E-state index contributed by atoms with van der Waals surface area (Å²) in [5, 5.41) is 0.797. The first-order valence-corrected chi connectivity index (χ1v) is 8.19. The fourth-order valence-corrected chi connectivity index (χ4v) is 3.48. The van der Waals surface area contributed by atoms with E-state index in [2.05, 4.69) is 24.8 Å².